The molecule has 35 heteroatoms. The van der Waals surface area contributed by atoms with E-state index < -0.39 is 201 Å². The van der Waals surface area contributed by atoms with Crippen LogP contribution in [0.5, 0.6) is 11.5 Å². The monoisotopic (exact) mass is 1440 g/mol. The SMILES string of the molecule is COCCCCCOCC1CCN(c2ccc(-c3nnc(-c4ccc(C(=O)NC5C[C@@H](O)CNC(=O)[C@@H]6[C@@H](O)[C@@H](C)CN6C(=O)[C@H]([C@H](O)CCNC(CO)CO)NC(=O)[C@H]([C@H](O)Cc6ccc(O)c(OS(O)(O)O)c6)NC(=O)[C@@H]6C[C@@H](O)CN6C(=O)[C@H]([C@@H](C)O)NC5=O)cc4)s3)cc2)CC1. The van der Waals surface area contributed by atoms with Gasteiger partial charge in [-0.2, -0.15) is 0 Å². The summed E-state index contributed by atoms with van der Waals surface area (Å²) in [6.07, 6.45) is -7.90. The molecule has 552 valence electrons. The van der Waals surface area contributed by atoms with E-state index in [9.17, 15) is 93.2 Å². The number of phenols is 1. The molecule has 3 aromatic carbocycles. The number of carbonyl (C=O) groups excluding carboxylic acids is 7. The number of aromatic nitrogens is 2. The maximum atomic E-state index is 15.0. The van der Waals surface area contributed by atoms with E-state index in [0.29, 0.717) is 21.5 Å². The second kappa shape index (κ2) is 36.5. The van der Waals surface area contributed by atoms with Gasteiger partial charge in [-0.3, -0.25) is 47.2 Å². The predicted molar refractivity (Wildman–Crippen MR) is 362 cm³/mol. The number of fused-ring (bicyclic) bond motifs is 2. The van der Waals surface area contributed by atoms with Crippen LogP contribution >= 0.6 is 22.5 Å². The van der Waals surface area contributed by atoms with Gasteiger partial charge in [-0.1, -0.05) is 36.5 Å². The standard InChI is InChI=1S/C65H93N11O22S2/c1-35-30-76-55(56(35)85)61(90)67-29-44(80)27-46(68-57(86)39-8-10-40(11-9-39)62-72-73-63(99-62)41-12-14-43(15-13-41)74-21-18-37(19-22-74)34-97-24-6-4-5-23-96-3)58(87)69-52(36(2)79)64(91)75-31-45(81)28-47(75)59(88)70-53(50(84)25-38-7-16-48(82)51(26-38)98-100(93,94)95)60(89)71-54(65(76)92)49(83)17-20-66-42(32-77)33-78/h7-16,26,35-37,42,44-47,49-50,52-56,66,77-85,93-95H,4-6,17-25,27-34H2,1-3H3,(H,67,90)(H,68,86)(H,69,87)(H,70,88)(H,71,89)/t35-,36+,44+,45+,46?,47-,49+,50+,52-,53-,54-,55-,56-/m0/s1. The lowest BCUT2D eigenvalue weighted by atomic mass is 9.97. The first kappa shape index (κ1) is 78.4. The Kier molecular flexibility index (Phi) is 28.6. The van der Waals surface area contributed by atoms with Crippen LogP contribution in [-0.2, 0) is 44.7 Å². The number of β-amino-alcohol motifs (C(OH)–C–C–N with tert-alkyl or cyclic N) is 1. The second-order valence-corrected chi connectivity index (χ2v) is 27.8. The molecule has 8 rings (SSSR count). The van der Waals surface area contributed by atoms with Gasteiger partial charge in [-0.15, -0.1) is 10.2 Å². The summed E-state index contributed by atoms with van der Waals surface area (Å²) in [5.41, 5.74) is 2.46. The zero-order valence-electron chi connectivity index (χ0n) is 55.7. The third kappa shape index (κ3) is 21.2. The average molecular weight is 1440 g/mol. The summed E-state index contributed by atoms with van der Waals surface area (Å²) in [5, 5.41) is 124. The van der Waals surface area contributed by atoms with Gasteiger partial charge in [0.1, 0.15) is 46.3 Å². The molecule has 4 saturated heterocycles. The van der Waals surface area contributed by atoms with Crippen molar-refractivity contribution in [1.82, 2.24) is 51.9 Å². The van der Waals surface area contributed by atoms with Crippen LogP contribution in [0.4, 0.5) is 5.69 Å². The van der Waals surface area contributed by atoms with E-state index in [1.54, 1.807) is 19.2 Å². The highest BCUT2D eigenvalue weighted by molar-refractivity contribution is 8.15. The Balaban J connectivity index is 1.03. The molecular formula is C65H93N11O22S2. The summed E-state index contributed by atoms with van der Waals surface area (Å²) in [7, 11) is 1.71. The number of phenolic OH excluding ortho intramolecular Hbond substituents is 1. The Morgan fingerprint density at radius 1 is 0.740 bits per heavy atom. The summed E-state index contributed by atoms with van der Waals surface area (Å²) in [6.45, 7) is 3.61. The van der Waals surface area contributed by atoms with Gasteiger partial charge in [0.2, 0.25) is 35.4 Å². The van der Waals surface area contributed by atoms with Gasteiger partial charge < -0.3 is 106 Å². The molecule has 33 nitrogen and oxygen atoms in total. The number of aliphatic hydroxyl groups excluding tert-OH is 8. The molecule has 1 aromatic heterocycles. The number of benzene rings is 3. The van der Waals surface area contributed by atoms with Crippen LogP contribution in [0.15, 0.2) is 66.7 Å². The Labute approximate surface area is 583 Å². The minimum Gasteiger partial charge on any atom is -0.504 e. The maximum Gasteiger partial charge on any atom is 0.266 e. The number of ether oxygens (including phenoxy) is 2. The van der Waals surface area contributed by atoms with Crippen LogP contribution in [0, 0.1) is 11.8 Å². The number of piperidine rings is 1. The molecule has 1 unspecified atom stereocenters. The van der Waals surface area contributed by atoms with Crippen molar-refractivity contribution in [3.05, 3.63) is 77.9 Å². The van der Waals surface area contributed by atoms with Crippen LogP contribution in [0.25, 0.3) is 21.1 Å². The van der Waals surface area contributed by atoms with E-state index in [-0.39, 0.29) is 24.2 Å². The lowest BCUT2D eigenvalue weighted by Gasteiger charge is -2.34. The third-order valence-corrected chi connectivity index (χ3v) is 19.6. The lowest BCUT2D eigenvalue weighted by molar-refractivity contribution is -0.147. The predicted octanol–water partition coefficient (Wildman–Crippen LogP) is -1.57. The van der Waals surface area contributed by atoms with Crippen molar-refractivity contribution in [2.75, 3.05) is 84.3 Å². The molecule has 7 amide bonds. The fourth-order valence-corrected chi connectivity index (χ4v) is 13.7. The highest BCUT2D eigenvalue weighted by Gasteiger charge is 2.50. The normalized spacial score (nSPS) is 25.2. The number of nitrogens with one attached hydrogen (secondary N) is 6. The number of hydrogen-bond donors (Lipinski definition) is 18. The number of aliphatic hydroxyl groups is 8. The highest BCUT2D eigenvalue weighted by Crippen LogP contribution is 2.41. The van der Waals surface area contributed by atoms with Gasteiger partial charge in [-0.25, -0.2) is 0 Å². The van der Waals surface area contributed by atoms with E-state index in [1.165, 1.54) is 36.5 Å². The number of amides is 7. The molecule has 0 radical (unpaired) electrons. The number of methoxy groups -OCH3 is 1. The highest BCUT2D eigenvalue weighted by atomic mass is 32.3. The Morgan fingerprint density at radius 3 is 2.01 bits per heavy atom. The van der Waals surface area contributed by atoms with Gasteiger partial charge in [0.05, 0.1) is 55.9 Å². The maximum absolute atomic E-state index is 15.0. The summed E-state index contributed by atoms with van der Waals surface area (Å²) in [4.78, 5) is 106. The summed E-state index contributed by atoms with van der Waals surface area (Å²) >= 11 is -3.43. The van der Waals surface area contributed by atoms with Crippen molar-refractivity contribution in [3.8, 4) is 32.6 Å². The second-order valence-electron chi connectivity index (χ2n) is 25.8. The smallest absolute Gasteiger partial charge is 0.266 e. The van der Waals surface area contributed by atoms with Crippen LogP contribution in [0.3, 0.4) is 0 Å². The molecule has 13 atom stereocenters. The molecule has 0 bridgehead atoms. The molecule has 5 heterocycles. The molecule has 4 aliphatic heterocycles. The van der Waals surface area contributed by atoms with Crippen molar-refractivity contribution in [1.29, 1.82) is 0 Å². The quantitative estimate of drug-likeness (QED) is 0.0316. The number of aromatic hydroxyl groups is 1. The molecule has 0 spiro atoms. The van der Waals surface area contributed by atoms with Gasteiger partial charge in [-0.05, 0) is 112 Å². The van der Waals surface area contributed by atoms with E-state index in [2.05, 4.69) is 63.3 Å². The zero-order valence-corrected chi connectivity index (χ0v) is 57.3. The van der Waals surface area contributed by atoms with E-state index >= 15 is 0 Å². The van der Waals surface area contributed by atoms with Crippen molar-refractivity contribution < 1.29 is 107 Å². The fourth-order valence-electron chi connectivity index (χ4n) is 12.5. The average Bonchev–Trinajstić information content (AvgIpc) is 1.63. The van der Waals surface area contributed by atoms with Gasteiger partial charge in [0, 0.05) is 107 Å². The van der Waals surface area contributed by atoms with E-state index in [1.807, 2.05) is 12.1 Å². The lowest BCUT2D eigenvalue weighted by Crippen LogP contribution is -2.64. The molecular weight excluding hydrogens is 1350 g/mol. The first-order valence-corrected chi connectivity index (χ1v) is 35.4. The Hall–Kier alpha value is -7.30. The minimum atomic E-state index is -4.75. The molecule has 0 aliphatic carbocycles. The van der Waals surface area contributed by atoms with Gasteiger partial charge in [0.25, 0.3) is 17.1 Å². The van der Waals surface area contributed by atoms with Crippen LogP contribution in [0.2, 0.25) is 0 Å². The topological polar surface area (TPSA) is 498 Å². The number of hydrogen-bond acceptors (Lipinski definition) is 27. The summed E-state index contributed by atoms with van der Waals surface area (Å²) in [5.74, 6) is -9.99. The van der Waals surface area contributed by atoms with Gasteiger partial charge in [0.15, 0.2) is 11.5 Å². The minimum absolute atomic E-state index is 0.00365. The Morgan fingerprint density at radius 2 is 1.37 bits per heavy atom. The van der Waals surface area contributed by atoms with Crippen molar-refractivity contribution in [2.45, 2.75) is 151 Å². The van der Waals surface area contributed by atoms with Crippen molar-refractivity contribution in [3.63, 3.8) is 0 Å². The summed E-state index contributed by atoms with van der Waals surface area (Å²) in [6, 6.07) is 4.66. The number of rotatable bonds is 26. The number of carbonyl (C=O) groups is 7. The van der Waals surface area contributed by atoms with Gasteiger partial charge >= 0.3 is 0 Å². The third-order valence-electron chi connectivity index (χ3n) is 18.1. The number of nitrogens with zero attached hydrogens (tertiary/aromatic N) is 5. The molecule has 4 aliphatic rings. The van der Waals surface area contributed by atoms with E-state index in [4.69, 9.17) is 9.47 Å². The van der Waals surface area contributed by atoms with E-state index in [0.717, 1.165) is 105 Å². The summed E-state index contributed by atoms with van der Waals surface area (Å²) < 4.78 is 44.5. The van der Waals surface area contributed by atoms with Crippen LogP contribution in [-0.4, -0.2) is 279 Å². The fraction of sp³-hybridized carbons (Fsp3) is 0.585. The number of unbranched alkanes of at least 4 members (excludes halogenated alkanes) is 2. The first-order chi connectivity index (χ1) is 47.7. The van der Waals surface area contributed by atoms with Crippen molar-refractivity contribution >= 4 is 69.5 Å². The zero-order chi connectivity index (χ0) is 72.5. The molecule has 0 saturated carbocycles. The molecule has 4 aromatic rings. The molecule has 4 fully saturated rings. The first-order valence-electron chi connectivity index (χ1n) is 33.2. The van der Waals surface area contributed by atoms with Crippen LogP contribution < -0.4 is 41.0 Å². The number of anilines is 1. The van der Waals surface area contributed by atoms with Crippen molar-refractivity contribution in [2.24, 2.45) is 11.8 Å². The Bertz CT molecular complexity index is 3380. The molecule has 100 heavy (non-hydrogen) atoms. The largest absolute Gasteiger partial charge is 0.504 e. The molecule has 18 N–H and O–H groups in total. The van der Waals surface area contributed by atoms with Crippen LogP contribution in [0.1, 0.15) is 81.1 Å².